The van der Waals surface area contributed by atoms with Gasteiger partial charge in [-0.25, -0.2) is 14.8 Å². The number of halogens is 3. The van der Waals surface area contributed by atoms with Crippen LogP contribution in [0.4, 0.5) is 4.79 Å². The summed E-state index contributed by atoms with van der Waals surface area (Å²) < 4.78 is 4.79. The molecule has 4 heterocycles. The van der Waals surface area contributed by atoms with Crippen LogP contribution in [0.25, 0.3) is 33.5 Å². The Bertz CT molecular complexity index is 2230. The monoisotopic (exact) mass is 813 g/mol. The molecule has 2 fully saturated rings. The van der Waals surface area contributed by atoms with Crippen molar-refractivity contribution >= 4 is 49.2 Å². The Morgan fingerprint density at radius 1 is 0.821 bits per heavy atom. The van der Waals surface area contributed by atoms with Gasteiger partial charge in [-0.3, -0.25) is 4.79 Å². The molecule has 2 amide bonds. The summed E-state index contributed by atoms with van der Waals surface area (Å²) in [5.74, 6) is 13.9. The highest BCUT2D eigenvalue weighted by Gasteiger charge is 2.37. The molecule has 10 nitrogen and oxygen atoms in total. The van der Waals surface area contributed by atoms with Crippen LogP contribution < -0.4 is 10.6 Å². The van der Waals surface area contributed by atoms with Gasteiger partial charge in [0.2, 0.25) is 5.91 Å². The quantitative estimate of drug-likeness (QED) is 0.117. The summed E-state index contributed by atoms with van der Waals surface area (Å²) in [6, 6.07) is 24.3. The molecule has 2 aliphatic heterocycles. The average molecular weight is 815 g/mol. The molecule has 0 aliphatic carbocycles. The Labute approximate surface area is 346 Å². The van der Waals surface area contributed by atoms with E-state index >= 15 is 0 Å². The number of imidazole rings is 2. The number of likely N-dealkylation sites (tertiary alicyclic amines) is 1. The molecule has 3 aromatic carbocycles. The van der Waals surface area contributed by atoms with Crippen LogP contribution in [-0.4, -0.2) is 63.1 Å². The number of amides is 2. The van der Waals surface area contributed by atoms with Crippen LogP contribution >= 0.6 is 37.2 Å². The summed E-state index contributed by atoms with van der Waals surface area (Å²) in [7, 11) is 1.30. The van der Waals surface area contributed by atoms with Crippen LogP contribution in [0.5, 0.6) is 0 Å². The normalized spacial score (nSPS) is 16.2. The lowest BCUT2D eigenvalue weighted by atomic mass is 9.94. The number of nitrogens with one attached hydrogen (secondary N) is 4. The lowest BCUT2D eigenvalue weighted by Crippen LogP contribution is -2.51. The molecule has 56 heavy (non-hydrogen) atoms. The number of ether oxygens (including phenoxy) is 1. The van der Waals surface area contributed by atoms with Gasteiger partial charge in [-0.1, -0.05) is 74.4 Å². The lowest BCUT2D eigenvalue weighted by Gasteiger charge is -2.30. The Balaban J connectivity index is 0.00000232. The molecule has 5 aromatic rings. The molecule has 4 N–H and O–H groups in total. The fourth-order valence-electron chi connectivity index (χ4n) is 7.09. The molecule has 7 rings (SSSR count). The zero-order chi connectivity index (χ0) is 36.7. The number of rotatable bonds is 8. The Morgan fingerprint density at radius 2 is 1.57 bits per heavy atom. The van der Waals surface area contributed by atoms with E-state index in [9.17, 15) is 9.59 Å². The molecule has 13 heteroatoms. The summed E-state index contributed by atoms with van der Waals surface area (Å²) in [5, 5.41) is 6.17. The van der Waals surface area contributed by atoms with Crippen LogP contribution in [0.1, 0.15) is 74.5 Å². The molecular formula is C43H46Cl3N7O3. The van der Waals surface area contributed by atoms with Gasteiger partial charge in [-0.15, -0.1) is 37.2 Å². The van der Waals surface area contributed by atoms with Gasteiger partial charge < -0.3 is 30.2 Å². The highest BCUT2D eigenvalue weighted by molar-refractivity contribution is 5.87. The van der Waals surface area contributed by atoms with Gasteiger partial charge >= 0.3 is 6.09 Å². The predicted octanol–water partition coefficient (Wildman–Crippen LogP) is 8.27. The Morgan fingerprint density at radius 3 is 2.32 bits per heavy atom. The molecule has 0 saturated carbocycles. The second-order valence-electron chi connectivity index (χ2n) is 13.8. The minimum atomic E-state index is -0.698. The number of aromatic amines is 2. The number of H-pyrrole nitrogens is 2. The highest BCUT2D eigenvalue weighted by atomic mass is 35.5. The van der Waals surface area contributed by atoms with Gasteiger partial charge in [0.05, 0.1) is 37.3 Å². The first-order valence-corrected chi connectivity index (χ1v) is 18.2. The van der Waals surface area contributed by atoms with Crippen molar-refractivity contribution in [2.45, 2.75) is 57.7 Å². The molecule has 0 bridgehead atoms. The van der Waals surface area contributed by atoms with Crippen molar-refractivity contribution in [2.24, 2.45) is 5.92 Å². The lowest BCUT2D eigenvalue weighted by molar-refractivity contribution is -0.135. The van der Waals surface area contributed by atoms with E-state index in [4.69, 9.17) is 9.72 Å². The number of alkyl carbamates (subject to hydrolysis) is 1. The average Bonchev–Trinajstić information content (AvgIpc) is 4.03. The smallest absolute Gasteiger partial charge is 0.407 e. The SMILES string of the molecule is COC(=O)N[C@H](C(=O)N1CCC[C@H]1c1ncc(-c2ccc(C#CC#Cc3cnc([C@@H]4CCCN4)[nH]3)c(-c3cccc(-c4ccccc4)c3)c2)[nH]1)C(C)C.Cl.Cl.Cl. The fraction of sp³-hybridized carbons (Fsp3) is 0.302. The first-order chi connectivity index (χ1) is 25.9. The van der Waals surface area contributed by atoms with Crippen LogP contribution in [-0.2, 0) is 9.53 Å². The highest BCUT2D eigenvalue weighted by Crippen LogP contribution is 2.35. The van der Waals surface area contributed by atoms with Gasteiger partial charge in [0.25, 0.3) is 0 Å². The Kier molecular flexibility index (Phi) is 15.6. The van der Waals surface area contributed by atoms with E-state index in [0.717, 1.165) is 82.8 Å². The maximum absolute atomic E-state index is 13.7. The van der Waals surface area contributed by atoms with Gasteiger partial charge in [0, 0.05) is 17.7 Å². The Hall–Kier alpha value is -5.23. The van der Waals surface area contributed by atoms with Crippen molar-refractivity contribution in [1.29, 1.82) is 0 Å². The zero-order valence-electron chi connectivity index (χ0n) is 31.4. The third-order valence-corrected chi connectivity index (χ3v) is 9.89. The first-order valence-electron chi connectivity index (χ1n) is 18.2. The number of carbonyl (C=O) groups excluding carboxylic acids is 2. The summed E-state index contributed by atoms with van der Waals surface area (Å²) in [5.41, 5.74) is 7.59. The van der Waals surface area contributed by atoms with Crippen molar-refractivity contribution in [3.63, 3.8) is 0 Å². The van der Waals surface area contributed by atoms with Crippen LogP contribution in [0, 0.1) is 29.6 Å². The van der Waals surface area contributed by atoms with Gasteiger partial charge in [-0.2, -0.15) is 0 Å². The van der Waals surface area contributed by atoms with Gasteiger partial charge in [0.1, 0.15) is 23.4 Å². The van der Waals surface area contributed by atoms with Crippen LogP contribution in [0.2, 0.25) is 0 Å². The van der Waals surface area contributed by atoms with E-state index < -0.39 is 12.1 Å². The second-order valence-corrected chi connectivity index (χ2v) is 13.8. The van der Waals surface area contributed by atoms with E-state index in [2.05, 4.69) is 91.7 Å². The largest absolute Gasteiger partial charge is 0.453 e. The number of aromatic nitrogens is 4. The van der Waals surface area contributed by atoms with E-state index in [1.54, 1.807) is 6.20 Å². The number of benzene rings is 3. The molecule has 0 unspecified atom stereocenters. The topological polar surface area (TPSA) is 128 Å². The fourth-order valence-corrected chi connectivity index (χ4v) is 7.09. The number of hydrogen-bond donors (Lipinski definition) is 4. The zero-order valence-corrected chi connectivity index (χ0v) is 33.9. The summed E-state index contributed by atoms with van der Waals surface area (Å²) in [4.78, 5) is 43.7. The van der Waals surface area contributed by atoms with Crippen molar-refractivity contribution < 1.29 is 14.3 Å². The molecule has 0 spiro atoms. The van der Waals surface area contributed by atoms with Gasteiger partial charge in [0.15, 0.2) is 0 Å². The molecule has 292 valence electrons. The summed E-state index contributed by atoms with van der Waals surface area (Å²) in [6.45, 7) is 5.41. The maximum atomic E-state index is 13.7. The van der Waals surface area contributed by atoms with Crippen molar-refractivity contribution in [3.8, 4) is 57.2 Å². The standard InChI is InChI=1S/C43H43N7O3.3ClH/c1-28(2)39(49-43(52)53-3)42(51)50-23-11-19-38(50)41-46-27-37(48-41)33-21-20-30(14-7-8-17-34-26-45-40(47-34)36-18-10-22-44-36)35(25-33)32-16-9-15-31(24-32)29-12-5-4-6-13-29;;;/h4-6,9,12-13,15-16,20-21,24-28,36,38-39,44H,10-11,18-19,22-23H2,1-3H3,(H,45,47)(H,46,48)(H,49,52);3*1H/t36-,38-,39-;;;/m0.../s1. The third-order valence-electron chi connectivity index (χ3n) is 9.89. The number of hydrogen-bond acceptors (Lipinski definition) is 6. The number of methoxy groups -OCH3 is 1. The third kappa shape index (κ3) is 9.95. The van der Waals surface area contributed by atoms with Crippen LogP contribution in [0.15, 0.2) is 85.2 Å². The molecule has 2 aliphatic rings. The summed E-state index contributed by atoms with van der Waals surface area (Å²) >= 11 is 0. The van der Waals surface area contributed by atoms with Crippen molar-refractivity contribution in [3.05, 3.63) is 108 Å². The predicted molar refractivity (Wildman–Crippen MR) is 227 cm³/mol. The molecule has 0 radical (unpaired) electrons. The van der Waals surface area contributed by atoms with Gasteiger partial charge in [-0.05, 0) is 96.4 Å². The van der Waals surface area contributed by atoms with E-state index in [-0.39, 0.29) is 61.1 Å². The van der Waals surface area contributed by atoms with E-state index in [1.165, 1.54) is 7.11 Å². The molecule has 3 atom stereocenters. The van der Waals surface area contributed by atoms with E-state index in [1.807, 2.05) is 55.3 Å². The van der Waals surface area contributed by atoms with Crippen LogP contribution in [0.3, 0.4) is 0 Å². The van der Waals surface area contributed by atoms with Crippen molar-refractivity contribution in [1.82, 2.24) is 35.5 Å². The minimum absolute atomic E-state index is 0. The summed E-state index contributed by atoms with van der Waals surface area (Å²) in [6.07, 6.45) is 6.78. The van der Waals surface area contributed by atoms with E-state index in [0.29, 0.717) is 12.4 Å². The second kappa shape index (κ2) is 20.1. The maximum Gasteiger partial charge on any atom is 0.407 e. The molecular weight excluding hydrogens is 769 g/mol. The molecule has 2 saturated heterocycles. The van der Waals surface area contributed by atoms with Crippen molar-refractivity contribution in [2.75, 3.05) is 20.2 Å². The number of nitrogens with zero attached hydrogens (tertiary/aromatic N) is 3. The minimum Gasteiger partial charge on any atom is -0.453 e. The number of carbonyl (C=O) groups is 2. The first kappa shape index (κ1) is 43.5. The molecule has 2 aromatic heterocycles.